The van der Waals surface area contributed by atoms with Crippen LogP contribution in [0.1, 0.15) is 26.2 Å². The Bertz CT molecular complexity index is 272. The standard InChI is InChI=1S/C10H22N2O3S/c1-2-15-8-9-16(13,14)12-10-4-3-6-11-7-5-10/h10-12H,2-9H2,1H3. The highest BCUT2D eigenvalue weighted by Gasteiger charge is 2.18. The second-order valence-corrected chi connectivity index (χ2v) is 5.88. The van der Waals surface area contributed by atoms with Crippen LogP contribution in [0, 0.1) is 0 Å². The first kappa shape index (κ1) is 13.9. The topological polar surface area (TPSA) is 67.4 Å². The monoisotopic (exact) mass is 250 g/mol. The highest BCUT2D eigenvalue weighted by molar-refractivity contribution is 7.89. The predicted octanol–water partition coefficient (Wildman–Crippen LogP) is 0.0844. The van der Waals surface area contributed by atoms with Gasteiger partial charge in [-0.25, -0.2) is 13.1 Å². The van der Waals surface area contributed by atoms with Crippen molar-refractivity contribution in [3.63, 3.8) is 0 Å². The van der Waals surface area contributed by atoms with Gasteiger partial charge in [0, 0.05) is 12.6 Å². The molecule has 2 N–H and O–H groups in total. The van der Waals surface area contributed by atoms with Crippen molar-refractivity contribution in [1.82, 2.24) is 10.0 Å². The summed E-state index contributed by atoms with van der Waals surface area (Å²) < 4.78 is 31.1. The highest BCUT2D eigenvalue weighted by Crippen LogP contribution is 2.06. The molecular weight excluding hydrogens is 228 g/mol. The zero-order valence-corrected chi connectivity index (χ0v) is 10.7. The molecule has 5 nitrogen and oxygen atoms in total. The summed E-state index contributed by atoms with van der Waals surface area (Å²) in [6.45, 7) is 4.56. The third-order valence-electron chi connectivity index (χ3n) is 2.62. The quantitative estimate of drug-likeness (QED) is 0.655. The average molecular weight is 250 g/mol. The Morgan fingerprint density at radius 1 is 1.38 bits per heavy atom. The average Bonchev–Trinajstić information content (AvgIpc) is 2.46. The normalized spacial score (nSPS) is 22.9. The molecular formula is C10H22N2O3S. The number of hydrogen-bond donors (Lipinski definition) is 2. The molecule has 0 aliphatic carbocycles. The summed E-state index contributed by atoms with van der Waals surface area (Å²) in [6.07, 6.45) is 2.81. The lowest BCUT2D eigenvalue weighted by Gasteiger charge is -2.15. The van der Waals surface area contributed by atoms with Gasteiger partial charge in [0.1, 0.15) is 0 Å². The van der Waals surface area contributed by atoms with Crippen LogP contribution in [0.2, 0.25) is 0 Å². The molecule has 0 saturated carbocycles. The third kappa shape index (κ3) is 5.79. The van der Waals surface area contributed by atoms with Gasteiger partial charge in [-0.15, -0.1) is 0 Å². The number of sulfonamides is 1. The van der Waals surface area contributed by atoms with Crippen molar-refractivity contribution in [2.45, 2.75) is 32.2 Å². The van der Waals surface area contributed by atoms with Crippen molar-refractivity contribution in [3.8, 4) is 0 Å². The molecule has 1 rings (SSSR count). The summed E-state index contributed by atoms with van der Waals surface area (Å²) in [5.74, 6) is 0.0603. The molecule has 0 aromatic heterocycles. The Morgan fingerprint density at radius 3 is 2.94 bits per heavy atom. The van der Waals surface area contributed by atoms with Gasteiger partial charge in [0.2, 0.25) is 10.0 Å². The van der Waals surface area contributed by atoms with Crippen LogP contribution in [0.5, 0.6) is 0 Å². The van der Waals surface area contributed by atoms with Gasteiger partial charge >= 0.3 is 0 Å². The van der Waals surface area contributed by atoms with E-state index in [1.54, 1.807) is 0 Å². The van der Waals surface area contributed by atoms with Crippen molar-refractivity contribution in [1.29, 1.82) is 0 Å². The van der Waals surface area contributed by atoms with Crippen LogP contribution in [0.3, 0.4) is 0 Å². The zero-order valence-electron chi connectivity index (χ0n) is 9.87. The second-order valence-electron chi connectivity index (χ2n) is 4.01. The fourth-order valence-corrected chi connectivity index (χ4v) is 2.96. The van der Waals surface area contributed by atoms with Crippen molar-refractivity contribution >= 4 is 10.0 Å². The molecule has 0 radical (unpaired) electrons. The number of hydrogen-bond acceptors (Lipinski definition) is 4. The van der Waals surface area contributed by atoms with E-state index in [1.807, 2.05) is 6.92 Å². The van der Waals surface area contributed by atoms with E-state index in [-0.39, 0.29) is 18.4 Å². The molecule has 0 aromatic carbocycles. The zero-order chi connectivity index (χ0) is 11.9. The fraction of sp³-hybridized carbons (Fsp3) is 1.00. The summed E-state index contributed by atoms with van der Waals surface area (Å²) in [5, 5.41) is 3.26. The summed E-state index contributed by atoms with van der Waals surface area (Å²) in [5.41, 5.74) is 0. The lowest BCUT2D eigenvalue weighted by Crippen LogP contribution is -2.37. The van der Waals surface area contributed by atoms with Crippen LogP contribution < -0.4 is 10.0 Å². The Hall–Kier alpha value is -0.170. The van der Waals surface area contributed by atoms with Gasteiger partial charge in [-0.1, -0.05) is 0 Å². The van der Waals surface area contributed by atoms with Gasteiger partial charge in [-0.2, -0.15) is 0 Å². The van der Waals surface area contributed by atoms with E-state index >= 15 is 0 Å². The second kappa shape index (κ2) is 7.21. The first-order valence-electron chi connectivity index (χ1n) is 5.92. The smallest absolute Gasteiger partial charge is 0.214 e. The summed E-state index contributed by atoms with van der Waals surface area (Å²) in [6, 6.07) is 0.0848. The van der Waals surface area contributed by atoms with Crippen molar-refractivity contribution in [2.75, 3.05) is 32.1 Å². The van der Waals surface area contributed by atoms with Crippen LogP contribution in [0.25, 0.3) is 0 Å². The number of rotatable bonds is 6. The molecule has 0 amide bonds. The lowest BCUT2D eigenvalue weighted by atomic mass is 10.1. The maximum atomic E-state index is 11.7. The van der Waals surface area contributed by atoms with E-state index in [2.05, 4.69) is 10.0 Å². The molecule has 96 valence electrons. The fourth-order valence-electron chi connectivity index (χ4n) is 1.76. The van der Waals surface area contributed by atoms with Gasteiger partial charge < -0.3 is 10.1 Å². The third-order valence-corrected chi connectivity index (χ3v) is 4.02. The molecule has 0 bridgehead atoms. The molecule has 16 heavy (non-hydrogen) atoms. The maximum absolute atomic E-state index is 11.7. The number of nitrogens with one attached hydrogen (secondary N) is 2. The Kier molecular flexibility index (Phi) is 6.26. The lowest BCUT2D eigenvalue weighted by molar-refractivity contribution is 0.163. The molecule has 0 spiro atoms. The number of ether oxygens (including phenoxy) is 1. The van der Waals surface area contributed by atoms with Crippen molar-refractivity contribution in [3.05, 3.63) is 0 Å². The molecule has 1 unspecified atom stereocenters. The molecule has 0 aromatic rings. The van der Waals surface area contributed by atoms with E-state index < -0.39 is 10.0 Å². The molecule has 1 aliphatic rings. The summed E-state index contributed by atoms with van der Waals surface area (Å²) in [7, 11) is -3.17. The Balaban J connectivity index is 2.32. The van der Waals surface area contributed by atoms with Gasteiger partial charge in [-0.05, 0) is 39.3 Å². The van der Waals surface area contributed by atoms with Crippen LogP contribution in [-0.4, -0.2) is 46.5 Å². The minimum absolute atomic E-state index is 0.0603. The van der Waals surface area contributed by atoms with Crippen LogP contribution in [0.15, 0.2) is 0 Å². The largest absolute Gasteiger partial charge is 0.381 e. The summed E-state index contributed by atoms with van der Waals surface area (Å²) >= 11 is 0. The van der Waals surface area contributed by atoms with Crippen LogP contribution in [0.4, 0.5) is 0 Å². The van der Waals surface area contributed by atoms with Crippen LogP contribution >= 0.6 is 0 Å². The van der Waals surface area contributed by atoms with Gasteiger partial charge in [0.15, 0.2) is 0 Å². The highest BCUT2D eigenvalue weighted by atomic mass is 32.2. The van der Waals surface area contributed by atoms with Crippen LogP contribution in [-0.2, 0) is 14.8 Å². The Labute approximate surface area is 98.0 Å². The van der Waals surface area contributed by atoms with E-state index in [0.717, 1.165) is 32.4 Å². The van der Waals surface area contributed by atoms with Crippen molar-refractivity contribution < 1.29 is 13.2 Å². The first-order valence-corrected chi connectivity index (χ1v) is 7.58. The van der Waals surface area contributed by atoms with E-state index in [9.17, 15) is 8.42 Å². The Morgan fingerprint density at radius 2 is 2.19 bits per heavy atom. The minimum atomic E-state index is -3.17. The van der Waals surface area contributed by atoms with Gasteiger partial charge in [-0.3, -0.25) is 0 Å². The predicted molar refractivity (Wildman–Crippen MR) is 63.9 cm³/mol. The first-order chi connectivity index (χ1) is 7.64. The SMILES string of the molecule is CCOCCS(=O)(=O)NC1CCCNCC1. The van der Waals surface area contributed by atoms with E-state index in [1.165, 1.54) is 0 Å². The minimum Gasteiger partial charge on any atom is -0.381 e. The van der Waals surface area contributed by atoms with Crippen molar-refractivity contribution in [2.24, 2.45) is 0 Å². The molecule has 6 heteroatoms. The van der Waals surface area contributed by atoms with Gasteiger partial charge in [0.25, 0.3) is 0 Å². The van der Waals surface area contributed by atoms with E-state index in [0.29, 0.717) is 6.61 Å². The molecule has 1 saturated heterocycles. The van der Waals surface area contributed by atoms with Gasteiger partial charge in [0.05, 0.1) is 12.4 Å². The summed E-state index contributed by atoms with van der Waals surface area (Å²) in [4.78, 5) is 0. The molecule has 1 aliphatic heterocycles. The molecule has 1 fully saturated rings. The maximum Gasteiger partial charge on any atom is 0.214 e. The molecule has 1 atom stereocenters. The molecule has 1 heterocycles. The van der Waals surface area contributed by atoms with E-state index in [4.69, 9.17) is 4.74 Å².